The Kier molecular flexibility index (Phi) is 11.7. The number of rotatable bonds is 6. The number of oxime groups is 2. The molecule has 0 aliphatic carbocycles. The maximum absolute atomic E-state index is 9.07. The zero-order valence-corrected chi connectivity index (χ0v) is 32.0. The van der Waals surface area contributed by atoms with Gasteiger partial charge in [0.2, 0.25) is 0 Å². The van der Waals surface area contributed by atoms with Crippen molar-refractivity contribution in [1.82, 2.24) is 0 Å². The molecule has 0 bridgehead atoms. The van der Waals surface area contributed by atoms with Gasteiger partial charge in [-0.3, -0.25) is 20.0 Å². The van der Waals surface area contributed by atoms with Gasteiger partial charge in [0.1, 0.15) is 0 Å². The molecule has 12 heteroatoms. The van der Waals surface area contributed by atoms with E-state index in [1.54, 1.807) is 12.1 Å². The van der Waals surface area contributed by atoms with E-state index in [0.717, 1.165) is 103 Å². The predicted octanol–water partition coefficient (Wildman–Crippen LogP) is 9.96. The summed E-state index contributed by atoms with van der Waals surface area (Å²) in [4.78, 5) is 22.4. The third-order valence-corrected chi connectivity index (χ3v) is 10.9. The Morgan fingerprint density at radius 1 is 0.516 bits per heavy atom. The first-order valence-electron chi connectivity index (χ1n) is 19.1. The summed E-state index contributed by atoms with van der Waals surface area (Å²) in [7, 11) is 0. The molecular weight excluding hydrogens is 773 g/mol. The Morgan fingerprint density at radius 2 is 0.855 bits per heavy atom. The second-order valence-corrected chi connectivity index (χ2v) is 14.6. The van der Waals surface area contributed by atoms with Crippen molar-refractivity contribution in [1.29, 1.82) is 5.26 Å². The molecule has 0 saturated carbocycles. The van der Waals surface area contributed by atoms with E-state index in [9.17, 15) is 0 Å². The van der Waals surface area contributed by atoms with Crippen LogP contribution in [-0.2, 0) is 25.7 Å². The van der Waals surface area contributed by atoms with Crippen molar-refractivity contribution in [2.45, 2.75) is 40.5 Å². The molecule has 6 aromatic carbocycles. The van der Waals surface area contributed by atoms with Gasteiger partial charge < -0.3 is 21.9 Å². The molecule has 0 saturated heterocycles. The van der Waals surface area contributed by atoms with Gasteiger partial charge in [-0.25, -0.2) is 4.85 Å². The number of nitriles is 1. The number of hydrogen-bond acceptors (Lipinski definition) is 9. The van der Waals surface area contributed by atoms with Crippen molar-refractivity contribution in [3.63, 3.8) is 0 Å². The summed E-state index contributed by atoms with van der Waals surface area (Å²) in [6, 6.07) is 41.2. The number of benzene rings is 6. The molecule has 0 radical (unpaired) electrons. The SMILES string of the molecule is C.C.NC(=NO)c1ccc2c(c1)CC(c1ccc(C3=Nc4ccc(C(N)=NO)cc4C3)cc1)=N2.[C-]#[N+]c1ccc2c(c1)CC(c1ccc(C3=Nc4ccc(C#N)cc4C3)cc1)=N2. The van der Waals surface area contributed by atoms with Gasteiger partial charge in [-0.05, 0) is 105 Å². The van der Waals surface area contributed by atoms with E-state index < -0.39 is 0 Å². The van der Waals surface area contributed by atoms with Gasteiger partial charge in [0.05, 0.1) is 63.8 Å². The van der Waals surface area contributed by atoms with Gasteiger partial charge in [0.15, 0.2) is 17.4 Å². The lowest BCUT2D eigenvalue weighted by molar-refractivity contribution is 0.318. The first-order chi connectivity index (χ1) is 29.3. The van der Waals surface area contributed by atoms with Crippen molar-refractivity contribution in [2.24, 2.45) is 41.7 Å². The number of amidine groups is 2. The summed E-state index contributed by atoms with van der Waals surface area (Å²) in [5.74, 6) is 0.171. The van der Waals surface area contributed by atoms with E-state index in [0.29, 0.717) is 35.2 Å². The van der Waals surface area contributed by atoms with Gasteiger partial charge in [-0.1, -0.05) is 85.8 Å². The van der Waals surface area contributed by atoms with E-state index in [1.165, 1.54) is 0 Å². The molecule has 0 fully saturated rings. The third kappa shape index (κ3) is 8.09. The molecule has 304 valence electrons. The fourth-order valence-electron chi connectivity index (χ4n) is 7.74. The van der Waals surface area contributed by atoms with Crippen LogP contribution in [-0.4, -0.2) is 44.9 Å². The third-order valence-electron chi connectivity index (χ3n) is 10.9. The molecule has 6 N–H and O–H groups in total. The molecule has 4 heterocycles. The molecule has 62 heavy (non-hydrogen) atoms. The van der Waals surface area contributed by atoms with Crippen LogP contribution in [0, 0.1) is 17.9 Å². The molecule has 4 aliphatic rings. The maximum Gasteiger partial charge on any atom is 0.187 e. The zero-order valence-electron chi connectivity index (χ0n) is 32.0. The van der Waals surface area contributed by atoms with Crippen molar-refractivity contribution in [3.05, 3.63) is 194 Å². The molecule has 12 nitrogen and oxygen atoms in total. The minimum Gasteiger partial charge on any atom is -0.409 e. The van der Waals surface area contributed by atoms with Gasteiger partial charge in [0, 0.05) is 36.8 Å². The summed E-state index contributed by atoms with van der Waals surface area (Å²) < 4.78 is 0. The van der Waals surface area contributed by atoms with Crippen LogP contribution in [0.15, 0.2) is 152 Å². The van der Waals surface area contributed by atoms with E-state index in [2.05, 4.69) is 69.8 Å². The van der Waals surface area contributed by atoms with E-state index >= 15 is 0 Å². The lowest BCUT2D eigenvalue weighted by Gasteiger charge is -2.05. The second kappa shape index (κ2) is 17.4. The average Bonchev–Trinajstić information content (AvgIpc) is 4.12. The molecule has 10 rings (SSSR count). The Bertz CT molecular complexity index is 2830. The highest BCUT2D eigenvalue weighted by Gasteiger charge is 2.22. The second-order valence-electron chi connectivity index (χ2n) is 14.6. The van der Waals surface area contributed by atoms with E-state index in [1.807, 2.05) is 60.7 Å². The highest BCUT2D eigenvalue weighted by Crippen LogP contribution is 2.35. The molecule has 0 unspecified atom stereocenters. The number of aliphatic imine (C=N–C) groups is 4. The van der Waals surface area contributed by atoms with Crippen molar-refractivity contribution < 1.29 is 10.4 Å². The lowest BCUT2D eigenvalue weighted by atomic mass is 9.98. The molecular formula is C50H42N10O2. The number of hydrogen-bond donors (Lipinski definition) is 4. The van der Waals surface area contributed by atoms with Gasteiger partial charge >= 0.3 is 0 Å². The molecule has 0 atom stereocenters. The number of fused-ring (bicyclic) bond motifs is 4. The summed E-state index contributed by atoms with van der Waals surface area (Å²) in [6.07, 6.45) is 2.87. The molecule has 6 aromatic rings. The van der Waals surface area contributed by atoms with Gasteiger partial charge in [-0.2, -0.15) is 5.26 Å². The van der Waals surface area contributed by atoms with Crippen molar-refractivity contribution >= 4 is 63.0 Å². The summed E-state index contributed by atoms with van der Waals surface area (Å²) >= 11 is 0. The van der Waals surface area contributed by atoms with Crippen LogP contribution < -0.4 is 11.5 Å². The monoisotopic (exact) mass is 814 g/mol. The van der Waals surface area contributed by atoms with Crippen LogP contribution in [0.1, 0.15) is 76.1 Å². The molecule has 0 amide bonds. The van der Waals surface area contributed by atoms with Crippen LogP contribution in [0.2, 0.25) is 0 Å². The standard InChI is InChI=1S/C24H20N6O2.C24H14N4.2CH4/c25-23(29-31)15-5-7-19-17(9-15)11-21(27-19)13-1-2-14(4-3-13)22-12-18-10-16(24(26)30-32)6-8-20(18)28-22;1-26-20-7-9-22-19(11-20)13-24(28-22)17-5-3-16(4-6-17)23-12-18-10-15(14-25)2-8-21(18)27-23;;/h1-10,31-32H,11-12H2,(H2,25,29)(H2,26,30);2-11H,12-13H2;2*1H4. The minimum absolute atomic E-state index is 0. The minimum atomic E-state index is 0. The van der Waals surface area contributed by atoms with Crippen LogP contribution >= 0.6 is 0 Å². The Labute approximate surface area is 359 Å². The topological polar surface area (TPSA) is 195 Å². The zero-order chi connectivity index (χ0) is 41.3. The quantitative estimate of drug-likeness (QED) is 0.0426. The van der Waals surface area contributed by atoms with Crippen molar-refractivity contribution in [3.8, 4) is 6.07 Å². The van der Waals surface area contributed by atoms with Crippen LogP contribution in [0.3, 0.4) is 0 Å². The summed E-state index contributed by atoms with van der Waals surface area (Å²) in [6.45, 7) is 7.16. The smallest absolute Gasteiger partial charge is 0.187 e. The van der Waals surface area contributed by atoms with Crippen molar-refractivity contribution in [2.75, 3.05) is 0 Å². The largest absolute Gasteiger partial charge is 0.409 e. The fourth-order valence-corrected chi connectivity index (χ4v) is 7.74. The predicted molar refractivity (Wildman–Crippen MR) is 248 cm³/mol. The first kappa shape index (κ1) is 41.7. The molecule has 0 aromatic heterocycles. The Morgan fingerprint density at radius 3 is 1.21 bits per heavy atom. The summed E-state index contributed by atoms with van der Waals surface area (Å²) in [5, 5.41) is 33.0. The van der Waals surface area contributed by atoms with E-state index in [-0.39, 0.29) is 26.5 Å². The Hall–Kier alpha value is -8.48. The van der Waals surface area contributed by atoms with E-state index in [4.69, 9.17) is 53.7 Å². The number of nitrogens with two attached hydrogens (primary N) is 2. The maximum atomic E-state index is 9.07. The van der Waals surface area contributed by atoms with Gasteiger partial charge in [-0.15, -0.1) is 0 Å². The average molecular weight is 815 g/mol. The molecule has 4 aliphatic heterocycles. The number of nitrogens with zero attached hydrogens (tertiary/aromatic N) is 8. The first-order valence-corrected chi connectivity index (χ1v) is 19.1. The molecule has 0 spiro atoms. The van der Waals surface area contributed by atoms with Crippen LogP contribution in [0.5, 0.6) is 0 Å². The normalized spacial score (nSPS) is 14.1. The van der Waals surface area contributed by atoms with Gasteiger partial charge in [0.25, 0.3) is 0 Å². The highest BCUT2D eigenvalue weighted by molar-refractivity contribution is 6.11. The fraction of sp³-hybridized carbons (Fsp3) is 0.120. The lowest BCUT2D eigenvalue weighted by Crippen LogP contribution is -2.13. The Balaban J connectivity index is 0.000000182. The van der Waals surface area contributed by atoms with Crippen LogP contribution in [0.25, 0.3) is 4.85 Å². The van der Waals surface area contributed by atoms with Crippen LogP contribution in [0.4, 0.5) is 28.4 Å². The summed E-state index contributed by atoms with van der Waals surface area (Å²) in [5.41, 5.74) is 30.3. The highest BCUT2D eigenvalue weighted by atomic mass is 16.4.